The second-order valence-electron chi connectivity index (χ2n) is 6.63. The van der Waals surface area contributed by atoms with Crippen LogP contribution in [0.25, 0.3) is 22.0 Å². The number of hydrogen-bond donors (Lipinski definition) is 2. The first kappa shape index (κ1) is 17.2. The van der Waals surface area contributed by atoms with E-state index in [4.69, 9.17) is 0 Å². The molecule has 1 atom stereocenters. The van der Waals surface area contributed by atoms with Gasteiger partial charge in [0.1, 0.15) is 5.82 Å². The smallest absolute Gasteiger partial charge is 0.243 e. The zero-order valence-corrected chi connectivity index (χ0v) is 15.2. The molecule has 0 bridgehead atoms. The summed E-state index contributed by atoms with van der Waals surface area (Å²) in [5, 5.41) is 4.15. The van der Waals surface area contributed by atoms with Gasteiger partial charge in [-0.1, -0.05) is 12.1 Å². The molecular formula is C19H20FN3O2S. The van der Waals surface area contributed by atoms with E-state index in [2.05, 4.69) is 10.3 Å². The van der Waals surface area contributed by atoms with Crippen molar-refractivity contribution in [2.45, 2.75) is 17.9 Å². The molecule has 0 radical (unpaired) electrons. The summed E-state index contributed by atoms with van der Waals surface area (Å²) in [6, 6.07) is 11.6. The normalized spacial score (nSPS) is 19.1. The molecule has 26 heavy (non-hydrogen) atoms. The van der Waals surface area contributed by atoms with E-state index in [0.717, 1.165) is 16.5 Å². The van der Waals surface area contributed by atoms with Crippen molar-refractivity contribution < 1.29 is 12.8 Å². The standard InChI is InChI=1S/C19H20FN3O2S/c1-13-12-23(9-8-21-13)26(24,25)16-5-2-14(3-6-16)18-11-22-19-10-15(20)4-7-17(18)19/h2-7,10-11,13,21-22H,8-9,12H2,1H3/t13-/m0/s1. The monoisotopic (exact) mass is 373 g/mol. The van der Waals surface area contributed by atoms with Gasteiger partial charge in [0.15, 0.2) is 0 Å². The summed E-state index contributed by atoms with van der Waals surface area (Å²) in [5.41, 5.74) is 2.52. The van der Waals surface area contributed by atoms with Gasteiger partial charge >= 0.3 is 0 Å². The molecular weight excluding hydrogens is 353 g/mol. The fourth-order valence-electron chi connectivity index (χ4n) is 3.41. The summed E-state index contributed by atoms with van der Waals surface area (Å²) in [6.07, 6.45) is 1.81. The fraction of sp³-hybridized carbons (Fsp3) is 0.263. The highest BCUT2D eigenvalue weighted by Gasteiger charge is 2.28. The average Bonchev–Trinajstić information content (AvgIpc) is 3.05. The minimum atomic E-state index is -3.49. The zero-order chi connectivity index (χ0) is 18.3. The van der Waals surface area contributed by atoms with Gasteiger partial charge in [0.2, 0.25) is 10.0 Å². The fourth-order valence-corrected chi connectivity index (χ4v) is 4.94. The van der Waals surface area contributed by atoms with Crippen molar-refractivity contribution in [2.75, 3.05) is 19.6 Å². The van der Waals surface area contributed by atoms with Gasteiger partial charge in [-0.3, -0.25) is 0 Å². The molecule has 3 aromatic rings. The first-order valence-corrected chi connectivity index (χ1v) is 10.00. The second-order valence-corrected chi connectivity index (χ2v) is 8.57. The van der Waals surface area contributed by atoms with Crippen LogP contribution in [0, 0.1) is 5.82 Å². The number of rotatable bonds is 3. The molecule has 0 saturated carbocycles. The minimum absolute atomic E-state index is 0.143. The summed E-state index contributed by atoms with van der Waals surface area (Å²) in [5.74, 6) is -0.294. The van der Waals surface area contributed by atoms with Gasteiger partial charge in [-0.2, -0.15) is 4.31 Å². The molecule has 1 aliphatic heterocycles. The third-order valence-corrected chi connectivity index (χ3v) is 6.66. The maximum Gasteiger partial charge on any atom is 0.243 e. The van der Waals surface area contributed by atoms with Gasteiger partial charge in [-0.05, 0) is 42.8 Å². The summed E-state index contributed by atoms with van der Waals surface area (Å²) >= 11 is 0. The van der Waals surface area contributed by atoms with E-state index in [1.54, 1.807) is 30.3 Å². The largest absolute Gasteiger partial charge is 0.360 e. The van der Waals surface area contributed by atoms with E-state index in [0.29, 0.717) is 30.0 Å². The summed E-state index contributed by atoms with van der Waals surface area (Å²) in [6.45, 7) is 3.58. The number of piperazine rings is 1. The number of aromatic amines is 1. The van der Waals surface area contributed by atoms with E-state index in [1.807, 2.05) is 13.1 Å². The lowest BCUT2D eigenvalue weighted by Gasteiger charge is -2.31. The van der Waals surface area contributed by atoms with Crippen molar-refractivity contribution in [3.8, 4) is 11.1 Å². The van der Waals surface area contributed by atoms with Gasteiger partial charge in [0.05, 0.1) is 4.90 Å². The number of nitrogens with zero attached hydrogens (tertiary/aromatic N) is 1. The molecule has 1 fully saturated rings. The van der Waals surface area contributed by atoms with Crippen molar-refractivity contribution in [2.24, 2.45) is 0 Å². The van der Waals surface area contributed by atoms with Gasteiger partial charge in [0, 0.05) is 48.3 Å². The highest BCUT2D eigenvalue weighted by molar-refractivity contribution is 7.89. The molecule has 0 aliphatic carbocycles. The molecule has 7 heteroatoms. The third kappa shape index (κ3) is 3.02. The molecule has 0 spiro atoms. The van der Waals surface area contributed by atoms with Crippen LogP contribution in [-0.4, -0.2) is 43.4 Å². The van der Waals surface area contributed by atoms with Crippen LogP contribution in [0.4, 0.5) is 4.39 Å². The molecule has 1 aromatic heterocycles. The molecule has 4 rings (SSSR count). The van der Waals surface area contributed by atoms with Gasteiger partial charge in [0.25, 0.3) is 0 Å². The SMILES string of the molecule is C[C@H]1CN(S(=O)(=O)c2ccc(-c3c[nH]c4cc(F)ccc34)cc2)CCN1. The first-order chi connectivity index (χ1) is 12.4. The van der Waals surface area contributed by atoms with Gasteiger partial charge < -0.3 is 10.3 Å². The van der Waals surface area contributed by atoms with Crippen LogP contribution >= 0.6 is 0 Å². The summed E-state index contributed by atoms with van der Waals surface area (Å²) < 4.78 is 40.5. The second kappa shape index (κ2) is 6.50. The molecule has 5 nitrogen and oxygen atoms in total. The van der Waals surface area contributed by atoms with Crippen LogP contribution in [0.1, 0.15) is 6.92 Å². The predicted molar refractivity (Wildman–Crippen MR) is 99.9 cm³/mol. The van der Waals surface area contributed by atoms with Crippen molar-refractivity contribution >= 4 is 20.9 Å². The lowest BCUT2D eigenvalue weighted by Crippen LogP contribution is -2.51. The Labute approximate surface area is 151 Å². The Morgan fingerprint density at radius 3 is 2.65 bits per heavy atom. The predicted octanol–water partition coefficient (Wildman–Crippen LogP) is 2.96. The number of nitrogens with one attached hydrogen (secondary N) is 2. The number of sulfonamides is 1. The quantitative estimate of drug-likeness (QED) is 0.742. The number of hydrogen-bond acceptors (Lipinski definition) is 3. The average molecular weight is 373 g/mol. The van der Waals surface area contributed by atoms with Crippen LogP contribution in [0.15, 0.2) is 53.6 Å². The Morgan fingerprint density at radius 1 is 1.15 bits per heavy atom. The number of H-pyrrole nitrogens is 1. The van der Waals surface area contributed by atoms with E-state index < -0.39 is 10.0 Å². The van der Waals surface area contributed by atoms with Gasteiger partial charge in [-0.25, -0.2) is 12.8 Å². The molecule has 2 N–H and O–H groups in total. The summed E-state index contributed by atoms with van der Waals surface area (Å²) in [7, 11) is -3.49. The van der Waals surface area contributed by atoms with Crippen LogP contribution in [-0.2, 0) is 10.0 Å². The van der Waals surface area contributed by atoms with Crippen molar-refractivity contribution in [3.63, 3.8) is 0 Å². The first-order valence-electron chi connectivity index (χ1n) is 8.56. The van der Waals surface area contributed by atoms with Crippen LogP contribution < -0.4 is 5.32 Å². The Kier molecular flexibility index (Phi) is 4.30. The van der Waals surface area contributed by atoms with Crippen molar-refractivity contribution in [1.29, 1.82) is 0 Å². The zero-order valence-electron chi connectivity index (χ0n) is 14.4. The van der Waals surface area contributed by atoms with Crippen LogP contribution in [0.2, 0.25) is 0 Å². The lowest BCUT2D eigenvalue weighted by atomic mass is 10.1. The molecule has 2 aromatic carbocycles. The third-order valence-electron chi connectivity index (χ3n) is 4.78. The van der Waals surface area contributed by atoms with Crippen LogP contribution in [0.5, 0.6) is 0 Å². The van der Waals surface area contributed by atoms with Crippen LogP contribution in [0.3, 0.4) is 0 Å². The van der Waals surface area contributed by atoms with Gasteiger partial charge in [-0.15, -0.1) is 0 Å². The molecule has 1 saturated heterocycles. The van der Waals surface area contributed by atoms with E-state index >= 15 is 0 Å². The lowest BCUT2D eigenvalue weighted by molar-refractivity contribution is 0.310. The topological polar surface area (TPSA) is 65.2 Å². The Morgan fingerprint density at radius 2 is 1.92 bits per heavy atom. The molecule has 0 amide bonds. The van der Waals surface area contributed by atoms with Crippen molar-refractivity contribution in [1.82, 2.24) is 14.6 Å². The maximum absolute atomic E-state index is 13.3. The summed E-state index contributed by atoms with van der Waals surface area (Å²) in [4.78, 5) is 3.35. The molecule has 0 unspecified atom stereocenters. The van der Waals surface area contributed by atoms with Crippen molar-refractivity contribution in [3.05, 3.63) is 54.5 Å². The molecule has 2 heterocycles. The number of benzene rings is 2. The molecule has 1 aliphatic rings. The highest BCUT2D eigenvalue weighted by Crippen LogP contribution is 2.30. The Hall–Kier alpha value is -2.22. The number of aromatic nitrogens is 1. The number of fused-ring (bicyclic) bond motifs is 1. The Bertz CT molecular complexity index is 1040. The molecule has 136 valence electrons. The maximum atomic E-state index is 13.3. The number of halogens is 1. The van der Waals surface area contributed by atoms with E-state index in [1.165, 1.54) is 16.4 Å². The highest BCUT2D eigenvalue weighted by atomic mass is 32.2. The van der Waals surface area contributed by atoms with E-state index in [9.17, 15) is 12.8 Å². The van der Waals surface area contributed by atoms with E-state index in [-0.39, 0.29) is 11.9 Å². The minimum Gasteiger partial charge on any atom is -0.360 e. The Balaban J connectivity index is 1.66.